The van der Waals surface area contributed by atoms with Crippen LogP contribution >= 0.6 is 11.6 Å². The molecule has 0 saturated heterocycles. The van der Waals surface area contributed by atoms with Crippen LogP contribution in [-0.4, -0.2) is 20.9 Å². The molecular formula is C16H11ClN2O2. The van der Waals surface area contributed by atoms with Crippen molar-refractivity contribution in [1.82, 2.24) is 9.78 Å². The molecule has 0 amide bonds. The summed E-state index contributed by atoms with van der Waals surface area (Å²) >= 11 is 6.15. The number of nitrogens with zero attached hydrogens (tertiary/aromatic N) is 2. The van der Waals surface area contributed by atoms with Crippen molar-refractivity contribution < 1.29 is 9.90 Å². The van der Waals surface area contributed by atoms with Crippen LogP contribution in [0.5, 0.6) is 0 Å². The van der Waals surface area contributed by atoms with Crippen LogP contribution < -0.4 is 0 Å². The van der Waals surface area contributed by atoms with Gasteiger partial charge in [0, 0.05) is 5.56 Å². The lowest BCUT2D eigenvalue weighted by Gasteiger charge is -2.03. The van der Waals surface area contributed by atoms with E-state index in [2.05, 4.69) is 5.10 Å². The molecule has 0 saturated carbocycles. The third kappa shape index (κ3) is 2.53. The fraction of sp³-hybridized carbons (Fsp3) is 0. The Morgan fingerprint density at radius 1 is 1.05 bits per heavy atom. The van der Waals surface area contributed by atoms with Gasteiger partial charge in [0.15, 0.2) is 5.69 Å². The summed E-state index contributed by atoms with van der Waals surface area (Å²) in [5.41, 5.74) is 2.02. The average molecular weight is 299 g/mol. The molecule has 0 aliphatic heterocycles. The number of hydrogen-bond acceptors (Lipinski definition) is 2. The highest BCUT2D eigenvalue weighted by Crippen LogP contribution is 2.28. The number of hydrogen-bond donors (Lipinski definition) is 1. The van der Waals surface area contributed by atoms with Crippen LogP contribution in [0.1, 0.15) is 10.5 Å². The maximum Gasteiger partial charge on any atom is 0.354 e. The van der Waals surface area contributed by atoms with E-state index in [1.807, 2.05) is 36.4 Å². The van der Waals surface area contributed by atoms with Crippen LogP contribution in [0.15, 0.2) is 60.7 Å². The lowest BCUT2D eigenvalue weighted by molar-refractivity contribution is 0.0687. The second-order valence-corrected chi connectivity index (χ2v) is 4.85. The Hall–Kier alpha value is -2.59. The first-order chi connectivity index (χ1) is 10.2. The van der Waals surface area contributed by atoms with Gasteiger partial charge in [0.25, 0.3) is 0 Å². The van der Waals surface area contributed by atoms with E-state index in [0.29, 0.717) is 22.0 Å². The topological polar surface area (TPSA) is 55.1 Å². The lowest BCUT2D eigenvalue weighted by Crippen LogP contribution is -2.07. The van der Waals surface area contributed by atoms with Crippen LogP contribution in [0.3, 0.4) is 0 Å². The zero-order valence-corrected chi connectivity index (χ0v) is 11.7. The second-order valence-electron chi connectivity index (χ2n) is 4.45. The predicted molar refractivity (Wildman–Crippen MR) is 81.0 cm³/mol. The fourth-order valence-corrected chi connectivity index (χ4v) is 2.33. The Morgan fingerprint density at radius 3 is 2.38 bits per heavy atom. The summed E-state index contributed by atoms with van der Waals surface area (Å²) in [6, 6.07) is 17.9. The Kier molecular flexibility index (Phi) is 3.46. The Labute approximate surface area is 126 Å². The van der Waals surface area contributed by atoms with Gasteiger partial charge in [-0.15, -0.1) is 0 Å². The van der Waals surface area contributed by atoms with Crippen LogP contribution in [0.25, 0.3) is 16.9 Å². The molecule has 21 heavy (non-hydrogen) atoms. The highest BCUT2D eigenvalue weighted by atomic mass is 35.5. The van der Waals surface area contributed by atoms with Crippen molar-refractivity contribution in [3.8, 4) is 16.9 Å². The molecule has 0 atom stereocenters. The van der Waals surface area contributed by atoms with Gasteiger partial charge >= 0.3 is 5.97 Å². The highest BCUT2D eigenvalue weighted by Gasteiger charge is 2.17. The van der Waals surface area contributed by atoms with Crippen molar-refractivity contribution in [2.24, 2.45) is 0 Å². The zero-order valence-electron chi connectivity index (χ0n) is 10.9. The first kappa shape index (κ1) is 13.4. The number of para-hydroxylation sites is 1. The van der Waals surface area contributed by atoms with E-state index in [0.717, 1.165) is 0 Å². The number of benzene rings is 2. The van der Waals surface area contributed by atoms with Gasteiger partial charge in [-0.25, -0.2) is 9.48 Å². The molecule has 1 aromatic heterocycles. The number of halogens is 1. The lowest BCUT2D eigenvalue weighted by atomic mass is 10.1. The van der Waals surface area contributed by atoms with Gasteiger partial charge in [-0.1, -0.05) is 48.0 Å². The normalized spacial score (nSPS) is 10.5. The van der Waals surface area contributed by atoms with Crippen molar-refractivity contribution >= 4 is 17.6 Å². The van der Waals surface area contributed by atoms with E-state index in [-0.39, 0.29) is 5.69 Å². The minimum Gasteiger partial charge on any atom is -0.477 e. The Balaban J connectivity index is 2.18. The summed E-state index contributed by atoms with van der Waals surface area (Å²) in [4.78, 5) is 11.4. The minimum absolute atomic E-state index is 0.0936. The van der Waals surface area contributed by atoms with E-state index in [9.17, 15) is 9.90 Å². The van der Waals surface area contributed by atoms with E-state index < -0.39 is 5.97 Å². The van der Waals surface area contributed by atoms with Crippen LogP contribution in [-0.2, 0) is 0 Å². The molecule has 0 aliphatic carbocycles. The maximum absolute atomic E-state index is 11.4. The predicted octanol–water partition coefficient (Wildman–Crippen LogP) is 3.89. The van der Waals surface area contributed by atoms with Crippen molar-refractivity contribution in [2.45, 2.75) is 0 Å². The van der Waals surface area contributed by atoms with Crippen LogP contribution in [0, 0.1) is 0 Å². The molecule has 2 aromatic carbocycles. The van der Waals surface area contributed by atoms with Gasteiger partial charge in [0.05, 0.1) is 16.4 Å². The van der Waals surface area contributed by atoms with E-state index >= 15 is 0 Å². The summed E-state index contributed by atoms with van der Waals surface area (Å²) in [6.07, 6.45) is 0. The molecule has 104 valence electrons. The fourth-order valence-electron chi connectivity index (χ4n) is 2.10. The molecule has 0 bridgehead atoms. The number of aromatic nitrogens is 2. The molecule has 1 heterocycles. The molecule has 0 radical (unpaired) electrons. The highest BCUT2D eigenvalue weighted by molar-refractivity contribution is 6.33. The van der Waals surface area contributed by atoms with Gasteiger partial charge < -0.3 is 5.11 Å². The van der Waals surface area contributed by atoms with E-state index in [1.165, 1.54) is 10.7 Å². The standard InChI is InChI=1S/C16H11ClN2O2/c17-13-9-5-4-8-12(13)14-10-15(16(20)21)19(18-14)11-6-2-1-3-7-11/h1-10H,(H,20,21). The van der Waals surface area contributed by atoms with Gasteiger partial charge in [-0.05, 0) is 24.3 Å². The molecule has 3 rings (SSSR count). The minimum atomic E-state index is -1.04. The van der Waals surface area contributed by atoms with Crippen molar-refractivity contribution in [1.29, 1.82) is 0 Å². The third-order valence-electron chi connectivity index (χ3n) is 3.08. The quantitative estimate of drug-likeness (QED) is 0.798. The number of aromatic carboxylic acids is 1. The van der Waals surface area contributed by atoms with E-state index in [4.69, 9.17) is 11.6 Å². The zero-order chi connectivity index (χ0) is 14.8. The monoisotopic (exact) mass is 298 g/mol. The van der Waals surface area contributed by atoms with Gasteiger partial charge in [0.1, 0.15) is 0 Å². The maximum atomic E-state index is 11.4. The Morgan fingerprint density at radius 2 is 1.71 bits per heavy atom. The summed E-state index contributed by atoms with van der Waals surface area (Å²) < 4.78 is 1.40. The number of carbonyl (C=O) groups is 1. The van der Waals surface area contributed by atoms with Gasteiger partial charge in [-0.2, -0.15) is 5.10 Å². The summed E-state index contributed by atoms with van der Waals surface area (Å²) in [7, 11) is 0. The molecule has 5 heteroatoms. The molecule has 0 fully saturated rings. The number of carboxylic acids is 1. The summed E-state index contributed by atoms with van der Waals surface area (Å²) in [6.45, 7) is 0. The molecule has 3 aromatic rings. The van der Waals surface area contributed by atoms with E-state index in [1.54, 1.807) is 18.2 Å². The first-order valence-electron chi connectivity index (χ1n) is 6.30. The van der Waals surface area contributed by atoms with Crippen LogP contribution in [0.2, 0.25) is 5.02 Å². The number of carboxylic acid groups (broad SMARTS) is 1. The third-order valence-corrected chi connectivity index (χ3v) is 3.41. The van der Waals surface area contributed by atoms with Gasteiger partial charge in [-0.3, -0.25) is 0 Å². The molecule has 0 aliphatic rings. The van der Waals surface area contributed by atoms with Crippen LogP contribution in [0.4, 0.5) is 0 Å². The molecule has 0 spiro atoms. The Bertz CT molecular complexity index is 797. The average Bonchev–Trinajstić information content (AvgIpc) is 2.94. The molecule has 1 N–H and O–H groups in total. The van der Waals surface area contributed by atoms with Crippen molar-refractivity contribution in [3.05, 3.63) is 71.4 Å². The van der Waals surface area contributed by atoms with Crippen molar-refractivity contribution in [3.63, 3.8) is 0 Å². The number of rotatable bonds is 3. The molecule has 0 unspecified atom stereocenters. The largest absolute Gasteiger partial charge is 0.477 e. The summed E-state index contributed by atoms with van der Waals surface area (Å²) in [5.74, 6) is -1.04. The van der Waals surface area contributed by atoms with Gasteiger partial charge in [0.2, 0.25) is 0 Å². The smallest absolute Gasteiger partial charge is 0.354 e. The molecule has 4 nitrogen and oxygen atoms in total. The molecular weight excluding hydrogens is 288 g/mol. The first-order valence-corrected chi connectivity index (χ1v) is 6.68. The SMILES string of the molecule is O=C(O)c1cc(-c2ccccc2Cl)nn1-c1ccccc1. The summed E-state index contributed by atoms with van der Waals surface area (Å²) in [5, 5.41) is 14.3. The van der Waals surface area contributed by atoms with Crippen molar-refractivity contribution in [2.75, 3.05) is 0 Å². The second kappa shape index (κ2) is 5.42.